The van der Waals surface area contributed by atoms with Crippen molar-refractivity contribution in [3.05, 3.63) is 61.1 Å². The summed E-state index contributed by atoms with van der Waals surface area (Å²) >= 11 is 7.26. The van der Waals surface area contributed by atoms with Gasteiger partial charge in [0.05, 0.1) is 5.52 Å². The minimum Gasteiger partial charge on any atom is -0.324 e. The van der Waals surface area contributed by atoms with E-state index in [4.69, 9.17) is 11.6 Å². The number of thiophene rings is 1. The van der Waals surface area contributed by atoms with Gasteiger partial charge in [0.2, 0.25) is 5.91 Å². The summed E-state index contributed by atoms with van der Waals surface area (Å²) in [4.78, 5) is 38.1. The SMILES string of the molecule is Cc1ccc(Cl)cc1NC(=O)Cn1c(=O)n(CC(C)C)c(=O)c2sccc21. The number of nitrogens with zero attached hydrogens (tertiary/aromatic N) is 2. The van der Waals surface area contributed by atoms with Crippen LogP contribution < -0.4 is 16.6 Å². The summed E-state index contributed by atoms with van der Waals surface area (Å²) in [7, 11) is 0. The van der Waals surface area contributed by atoms with Crippen molar-refractivity contribution in [3.8, 4) is 0 Å². The highest BCUT2D eigenvalue weighted by Gasteiger charge is 2.17. The number of halogens is 1. The number of carbonyl (C=O) groups is 1. The van der Waals surface area contributed by atoms with Gasteiger partial charge in [-0.25, -0.2) is 4.79 Å². The van der Waals surface area contributed by atoms with Crippen LogP contribution in [0.2, 0.25) is 5.02 Å². The number of benzene rings is 1. The van der Waals surface area contributed by atoms with Crippen molar-refractivity contribution in [1.82, 2.24) is 9.13 Å². The molecule has 0 fully saturated rings. The maximum absolute atomic E-state index is 12.9. The van der Waals surface area contributed by atoms with E-state index < -0.39 is 5.69 Å². The molecular weight excluding hydrogens is 386 g/mol. The molecule has 0 radical (unpaired) electrons. The van der Waals surface area contributed by atoms with Gasteiger partial charge in [0.25, 0.3) is 5.56 Å². The second kappa shape index (κ2) is 7.70. The average Bonchev–Trinajstić information content (AvgIpc) is 3.08. The molecular formula is C19H20ClN3O3S. The smallest absolute Gasteiger partial charge is 0.324 e. The maximum Gasteiger partial charge on any atom is 0.332 e. The van der Waals surface area contributed by atoms with Crippen molar-refractivity contribution >= 4 is 44.7 Å². The molecule has 0 atom stereocenters. The van der Waals surface area contributed by atoms with Gasteiger partial charge in [-0.3, -0.25) is 18.7 Å². The van der Waals surface area contributed by atoms with Crippen LogP contribution in [0, 0.1) is 12.8 Å². The second-order valence-corrected chi connectivity index (χ2v) is 8.17. The fourth-order valence-corrected chi connectivity index (χ4v) is 3.89. The van der Waals surface area contributed by atoms with Crippen LogP contribution in [0.4, 0.5) is 5.69 Å². The summed E-state index contributed by atoms with van der Waals surface area (Å²) in [6.07, 6.45) is 0. The first-order valence-electron chi connectivity index (χ1n) is 8.54. The lowest BCUT2D eigenvalue weighted by Crippen LogP contribution is -2.42. The Balaban J connectivity index is 2.00. The molecule has 0 unspecified atom stereocenters. The first-order chi connectivity index (χ1) is 12.8. The molecule has 0 bridgehead atoms. The van der Waals surface area contributed by atoms with Gasteiger partial charge in [-0.05, 0) is 42.0 Å². The van der Waals surface area contributed by atoms with Crippen LogP contribution >= 0.6 is 22.9 Å². The van der Waals surface area contributed by atoms with E-state index in [0.717, 1.165) is 5.56 Å². The van der Waals surface area contributed by atoms with E-state index in [-0.39, 0.29) is 23.9 Å². The molecule has 0 saturated heterocycles. The van der Waals surface area contributed by atoms with Crippen LogP contribution in [-0.2, 0) is 17.9 Å². The standard InChI is InChI=1S/C19H20ClN3O3S/c1-11(2)9-23-18(25)17-15(6-7-27-17)22(19(23)26)10-16(24)21-14-8-13(20)5-4-12(14)3/h4-8,11H,9-10H2,1-3H3,(H,21,24). The second-order valence-electron chi connectivity index (χ2n) is 6.82. The van der Waals surface area contributed by atoms with Gasteiger partial charge in [0.15, 0.2) is 0 Å². The molecule has 3 aromatic rings. The number of nitrogens with one attached hydrogen (secondary N) is 1. The molecule has 6 nitrogen and oxygen atoms in total. The Labute approximate surface area is 165 Å². The Morgan fingerprint density at radius 1 is 1.22 bits per heavy atom. The summed E-state index contributed by atoms with van der Waals surface area (Å²) in [6, 6.07) is 6.91. The van der Waals surface area contributed by atoms with E-state index in [1.54, 1.807) is 23.6 Å². The third kappa shape index (κ3) is 3.99. The minimum absolute atomic E-state index is 0.129. The predicted molar refractivity (Wildman–Crippen MR) is 110 cm³/mol. The zero-order chi connectivity index (χ0) is 19.7. The van der Waals surface area contributed by atoms with Crippen molar-refractivity contribution in [2.75, 3.05) is 5.32 Å². The van der Waals surface area contributed by atoms with E-state index in [2.05, 4.69) is 5.32 Å². The van der Waals surface area contributed by atoms with E-state index in [0.29, 0.717) is 27.5 Å². The number of hydrogen-bond acceptors (Lipinski definition) is 4. The lowest BCUT2D eigenvalue weighted by molar-refractivity contribution is -0.116. The Morgan fingerprint density at radius 3 is 2.67 bits per heavy atom. The van der Waals surface area contributed by atoms with Crippen molar-refractivity contribution in [3.63, 3.8) is 0 Å². The summed E-state index contributed by atoms with van der Waals surface area (Å²) in [5.41, 5.74) is 1.16. The van der Waals surface area contributed by atoms with Crippen molar-refractivity contribution in [1.29, 1.82) is 0 Å². The van der Waals surface area contributed by atoms with Gasteiger partial charge in [-0.1, -0.05) is 31.5 Å². The first-order valence-corrected chi connectivity index (χ1v) is 9.80. The number of amides is 1. The predicted octanol–water partition coefficient (Wildman–Crippen LogP) is 3.48. The topological polar surface area (TPSA) is 73.1 Å². The van der Waals surface area contributed by atoms with Crippen LogP contribution in [0.25, 0.3) is 10.2 Å². The molecule has 0 aliphatic rings. The quantitative estimate of drug-likeness (QED) is 0.706. The van der Waals surface area contributed by atoms with Crippen LogP contribution in [0.3, 0.4) is 0 Å². The van der Waals surface area contributed by atoms with Gasteiger partial charge in [-0.2, -0.15) is 0 Å². The molecule has 0 spiro atoms. The molecule has 27 heavy (non-hydrogen) atoms. The van der Waals surface area contributed by atoms with E-state index in [1.807, 2.05) is 26.8 Å². The number of fused-ring (bicyclic) bond motifs is 1. The number of hydrogen-bond donors (Lipinski definition) is 1. The molecule has 1 aromatic carbocycles. The Kier molecular flexibility index (Phi) is 5.53. The van der Waals surface area contributed by atoms with Crippen molar-refractivity contribution in [2.24, 2.45) is 5.92 Å². The van der Waals surface area contributed by atoms with Crippen LogP contribution in [0.15, 0.2) is 39.2 Å². The van der Waals surface area contributed by atoms with Crippen molar-refractivity contribution < 1.29 is 4.79 Å². The van der Waals surface area contributed by atoms with Gasteiger partial charge in [0, 0.05) is 17.3 Å². The fourth-order valence-electron chi connectivity index (χ4n) is 2.87. The number of aromatic nitrogens is 2. The number of carbonyl (C=O) groups excluding carboxylic acids is 1. The number of aryl methyl sites for hydroxylation is 1. The lowest BCUT2D eigenvalue weighted by Gasteiger charge is -2.14. The largest absolute Gasteiger partial charge is 0.332 e. The average molecular weight is 406 g/mol. The highest BCUT2D eigenvalue weighted by Crippen LogP contribution is 2.20. The van der Waals surface area contributed by atoms with Crippen LogP contribution in [-0.4, -0.2) is 15.0 Å². The monoisotopic (exact) mass is 405 g/mol. The highest BCUT2D eigenvalue weighted by molar-refractivity contribution is 7.17. The number of anilines is 1. The van der Waals surface area contributed by atoms with E-state index in [1.165, 1.54) is 20.5 Å². The molecule has 3 rings (SSSR count). The molecule has 0 aliphatic heterocycles. The molecule has 8 heteroatoms. The minimum atomic E-state index is -0.474. The molecule has 2 heterocycles. The van der Waals surface area contributed by atoms with Crippen LogP contribution in [0.1, 0.15) is 19.4 Å². The van der Waals surface area contributed by atoms with Gasteiger partial charge >= 0.3 is 5.69 Å². The molecule has 1 N–H and O–H groups in total. The third-order valence-electron chi connectivity index (χ3n) is 4.16. The van der Waals surface area contributed by atoms with E-state index >= 15 is 0 Å². The summed E-state index contributed by atoms with van der Waals surface area (Å²) in [5.74, 6) is -0.228. The zero-order valence-corrected chi connectivity index (χ0v) is 16.9. The first kappa shape index (κ1) is 19.4. The van der Waals surface area contributed by atoms with Gasteiger partial charge in [0.1, 0.15) is 11.2 Å². The molecule has 142 valence electrons. The molecule has 2 aromatic heterocycles. The Hall–Kier alpha value is -2.38. The molecule has 0 saturated carbocycles. The lowest BCUT2D eigenvalue weighted by atomic mass is 10.2. The van der Waals surface area contributed by atoms with E-state index in [9.17, 15) is 14.4 Å². The summed E-state index contributed by atoms with van der Waals surface area (Å²) in [6.45, 7) is 5.85. The summed E-state index contributed by atoms with van der Waals surface area (Å²) in [5, 5.41) is 5.05. The van der Waals surface area contributed by atoms with Gasteiger partial charge < -0.3 is 5.32 Å². The maximum atomic E-state index is 12.9. The molecule has 0 aliphatic carbocycles. The Bertz CT molecular complexity index is 1130. The number of rotatable bonds is 5. The van der Waals surface area contributed by atoms with Crippen LogP contribution in [0.5, 0.6) is 0 Å². The molecule has 1 amide bonds. The highest BCUT2D eigenvalue weighted by atomic mass is 35.5. The fraction of sp³-hybridized carbons (Fsp3) is 0.316. The zero-order valence-electron chi connectivity index (χ0n) is 15.3. The van der Waals surface area contributed by atoms with Gasteiger partial charge in [-0.15, -0.1) is 11.3 Å². The summed E-state index contributed by atoms with van der Waals surface area (Å²) < 4.78 is 3.04. The Morgan fingerprint density at radius 2 is 1.96 bits per heavy atom. The third-order valence-corrected chi connectivity index (χ3v) is 5.29. The normalized spacial score (nSPS) is 11.3. The van der Waals surface area contributed by atoms with Crippen molar-refractivity contribution in [2.45, 2.75) is 33.9 Å².